The molecule has 25 heavy (non-hydrogen) atoms. The maximum Gasteiger partial charge on any atom is 0.324 e. The highest BCUT2D eigenvalue weighted by atomic mass is 16.4. The molecule has 0 aliphatic carbocycles. The molecule has 8 nitrogen and oxygen atoms in total. The summed E-state index contributed by atoms with van der Waals surface area (Å²) in [5.74, 6) is 1.13. The molecule has 2 aliphatic rings. The molecule has 0 spiro atoms. The average molecular weight is 349 g/mol. The third-order valence-electron chi connectivity index (χ3n) is 5.21. The summed E-state index contributed by atoms with van der Waals surface area (Å²) in [7, 11) is 1.52. The highest BCUT2D eigenvalue weighted by Gasteiger charge is 2.51. The van der Waals surface area contributed by atoms with Crippen LogP contribution in [0.25, 0.3) is 0 Å². The Balaban J connectivity index is 1.69. The Hall–Kier alpha value is -1.96. The quantitative estimate of drug-likeness (QED) is 0.832. The maximum atomic E-state index is 12.5. The lowest BCUT2D eigenvalue weighted by Crippen LogP contribution is -2.55. The molecule has 2 saturated heterocycles. The first-order valence-electron chi connectivity index (χ1n) is 8.77. The number of carbonyl (C=O) groups is 2. The smallest absolute Gasteiger partial charge is 0.324 e. The zero-order valence-electron chi connectivity index (χ0n) is 15.6. The molecule has 138 valence electrons. The minimum atomic E-state index is -0.837. The van der Waals surface area contributed by atoms with Gasteiger partial charge >= 0.3 is 6.03 Å². The molecule has 3 rings (SSSR count). The van der Waals surface area contributed by atoms with Crippen LogP contribution in [-0.2, 0) is 16.8 Å². The van der Waals surface area contributed by atoms with Crippen molar-refractivity contribution in [2.24, 2.45) is 5.92 Å². The standard InChI is InChI=1S/C17H27N5O3/c1-16(2,3)13-20-19-12(25-13)10-22-8-6-7-11(9-22)17(4)14(23)21(5)15(24)18-17/h11H,6-10H2,1-5H3,(H,18,24)/t11-,17+/m0/s1. The van der Waals surface area contributed by atoms with E-state index in [9.17, 15) is 9.59 Å². The van der Waals surface area contributed by atoms with Crippen molar-refractivity contribution in [2.75, 3.05) is 20.1 Å². The van der Waals surface area contributed by atoms with Crippen molar-refractivity contribution in [3.8, 4) is 0 Å². The highest BCUT2D eigenvalue weighted by molar-refractivity contribution is 6.06. The number of rotatable bonds is 3. The number of aromatic nitrogens is 2. The van der Waals surface area contributed by atoms with Gasteiger partial charge < -0.3 is 9.73 Å². The van der Waals surface area contributed by atoms with Gasteiger partial charge in [0.1, 0.15) is 5.54 Å². The maximum absolute atomic E-state index is 12.5. The van der Waals surface area contributed by atoms with E-state index < -0.39 is 5.54 Å². The molecule has 2 atom stereocenters. The Morgan fingerprint density at radius 1 is 1.32 bits per heavy atom. The van der Waals surface area contributed by atoms with Gasteiger partial charge in [0.05, 0.1) is 6.54 Å². The first-order valence-corrected chi connectivity index (χ1v) is 8.77. The Kier molecular flexibility index (Phi) is 4.35. The summed E-state index contributed by atoms with van der Waals surface area (Å²) >= 11 is 0. The van der Waals surface area contributed by atoms with Crippen LogP contribution < -0.4 is 5.32 Å². The molecule has 2 aliphatic heterocycles. The fourth-order valence-corrected chi connectivity index (χ4v) is 3.56. The van der Waals surface area contributed by atoms with Crippen LogP contribution in [0.5, 0.6) is 0 Å². The number of likely N-dealkylation sites (tertiary alicyclic amines) is 1. The van der Waals surface area contributed by atoms with Crippen molar-refractivity contribution in [3.05, 3.63) is 11.8 Å². The largest absolute Gasteiger partial charge is 0.423 e. The number of hydrogen-bond acceptors (Lipinski definition) is 6. The van der Waals surface area contributed by atoms with Crippen LogP contribution in [0.15, 0.2) is 4.42 Å². The zero-order chi connectivity index (χ0) is 18.4. The number of likely N-dealkylation sites (N-methyl/N-ethyl adjacent to an activating group) is 1. The number of imide groups is 1. The molecule has 0 saturated carbocycles. The zero-order valence-corrected chi connectivity index (χ0v) is 15.6. The predicted octanol–water partition coefficient (Wildman–Crippen LogP) is 1.52. The molecular weight excluding hydrogens is 322 g/mol. The van der Waals surface area contributed by atoms with Gasteiger partial charge in [-0.15, -0.1) is 10.2 Å². The summed E-state index contributed by atoms with van der Waals surface area (Å²) < 4.78 is 5.78. The molecule has 3 heterocycles. The van der Waals surface area contributed by atoms with Gasteiger partial charge in [0, 0.05) is 24.9 Å². The van der Waals surface area contributed by atoms with Crippen molar-refractivity contribution < 1.29 is 14.0 Å². The van der Waals surface area contributed by atoms with Gasteiger partial charge in [-0.1, -0.05) is 20.8 Å². The number of carbonyl (C=O) groups excluding carboxylic acids is 2. The number of hydrogen-bond donors (Lipinski definition) is 1. The molecule has 1 aromatic heterocycles. The van der Waals surface area contributed by atoms with E-state index in [1.807, 2.05) is 27.7 Å². The lowest BCUT2D eigenvalue weighted by atomic mass is 9.80. The SMILES string of the molecule is CN1C(=O)N[C@](C)([C@H]2CCCN(Cc3nnc(C(C)(C)C)o3)C2)C1=O. The molecule has 2 fully saturated rings. The van der Waals surface area contributed by atoms with E-state index in [2.05, 4.69) is 20.4 Å². The highest BCUT2D eigenvalue weighted by Crippen LogP contribution is 2.32. The number of piperidine rings is 1. The number of urea groups is 1. The van der Waals surface area contributed by atoms with Crippen molar-refractivity contribution in [2.45, 2.75) is 58.0 Å². The fraction of sp³-hybridized carbons (Fsp3) is 0.765. The third kappa shape index (κ3) is 3.27. The normalized spacial score (nSPS) is 28.5. The lowest BCUT2D eigenvalue weighted by molar-refractivity contribution is -0.132. The summed E-state index contributed by atoms with van der Waals surface area (Å²) in [5, 5.41) is 11.2. The van der Waals surface area contributed by atoms with Crippen LogP contribution in [0.1, 0.15) is 52.3 Å². The summed E-state index contributed by atoms with van der Waals surface area (Å²) in [5.41, 5.74) is -1.01. The van der Waals surface area contributed by atoms with E-state index in [0.717, 1.165) is 19.4 Å². The molecule has 0 radical (unpaired) electrons. The van der Waals surface area contributed by atoms with Crippen LogP contribution in [0.2, 0.25) is 0 Å². The summed E-state index contributed by atoms with van der Waals surface area (Å²) in [6.07, 6.45) is 1.87. The van der Waals surface area contributed by atoms with Crippen LogP contribution in [0.3, 0.4) is 0 Å². The molecule has 0 bridgehead atoms. The van der Waals surface area contributed by atoms with Gasteiger partial charge in [-0.2, -0.15) is 0 Å². The van der Waals surface area contributed by atoms with Crippen molar-refractivity contribution in [1.29, 1.82) is 0 Å². The first-order chi connectivity index (χ1) is 11.6. The Bertz CT molecular complexity index is 680. The minimum absolute atomic E-state index is 0.0626. The molecule has 3 amide bonds. The van der Waals surface area contributed by atoms with Gasteiger partial charge in [-0.05, 0) is 26.3 Å². The summed E-state index contributed by atoms with van der Waals surface area (Å²) in [4.78, 5) is 27.8. The Labute approximate surface area is 147 Å². The van der Waals surface area contributed by atoms with Gasteiger partial charge in [-0.25, -0.2) is 4.79 Å². The number of amides is 3. The van der Waals surface area contributed by atoms with E-state index >= 15 is 0 Å². The number of nitrogens with one attached hydrogen (secondary N) is 1. The third-order valence-corrected chi connectivity index (χ3v) is 5.21. The molecule has 0 unspecified atom stereocenters. The van der Waals surface area contributed by atoms with E-state index in [1.165, 1.54) is 11.9 Å². The summed E-state index contributed by atoms with van der Waals surface area (Å²) in [6, 6.07) is -0.323. The van der Waals surface area contributed by atoms with E-state index in [4.69, 9.17) is 4.42 Å². The minimum Gasteiger partial charge on any atom is -0.423 e. The van der Waals surface area contributed by atoms with Gasteiger partial charge in [0.2, 0.25) is 11.8 Å². The van der Waals surface area contributed by atoms with E-state index in [1.54, 1.807) is 0 Å². The second-order valence-electron chi connectivity index (χ2n) is 8.32. The fourth-order valence-electron chi connectivity index (χ4n) is 3.56. The van der Waals surface area contributed by atoms with Crippen LogP contribution in [0.4, 0.5) is 4.79 Å². The van der Waals surface area contributed by atoms with Gasteiger partial charge in [0.15, 0.2) is 0 Å². The monoisotopic (exact) mass is 349 g/mol. The second kappa shape index (κ2) is 6.09. The van der Waals surface area contributed by atoms with E-state index in [-0.39, 0.29) is 23.3 Å². The molecule has 1 N–H and O–H groups in total. The molecule has 8 heteroatoms. The lowest BCUT2D eigenvalue weighted by Gasteiger charge is -2.39. The van der Waals surface area contributed by atoms with Gasteiger partial charge in [0.25, 0.3) is 5.91 Å². The van der Waals surface area contributed by atoms with Crippen LogP contribution >= 0.6 is 0 Å². The molecule has 0 aromatic carbocycles. The van der Waals surface area contributed by atoms with E-state index in [0.29, 0.717) is 24.9 Å². The van der Waals surface area contributed by atoms with Crippen LogP contribution in [-0.4, -0.2) is 57.6 Å². The molecule has 1 aromatic rings. The Morgan fingerprint density at radius 3 is 2.60 bits per heavy atom. The topological polar surface area (TPSA) is 91.6 Å². The van der Waals surface area contributed by atoms with Crippen LogP contribution in [0, 0.1) is 5.92 Å². The molecular formula is C17H27N5O3. The Morgan fingerprint density at radius 2 is 2.04 bits per heavy atom. The number of nitrogens with zero attached hydrogens (tertiary/aromatic N) is 4. The van der Waals surface area contributed by atoms with Crippen molar-refractivity contribution >= 4 is 11.9 Å². The van der Waals surface area contributed by atoms with Crippen molar-refractivity contribution in [3.63, 3.8) is 0 Å². The summed E-state index contributed by atoms with van der Waals surface area (Å²) in [6.45, 7) is 10.1. The van der Waals surface area contributed by atoms with Crippen molar-refractivity contribution in [1.82, 2.24) is 25.3 Å². The predicted molar refractivity (Wildman–Crippen MR) is 90.7 cm³/mol. The average Bonchev–Trinajstić information content (AvgIpc) is 3.08. The second-order valence-corrected chi connectivity index (χ2v) is 8.32. The van der Waals surface area contributed by atoms with Gasteiger partial charge in [-0.3, -0.25) is 14.6 Å². The first kappa shape index (κ1) is 17.8.